The summed E-state index contributed by atoms with van der Waals surface area (Å²) in [5, 5.41) is 10.3. The zero-order valence-corrected chi connectivity index (χ0v) is 12.5. The molecule has 3 unspecified atom stereocenters. The van der Waals surface area contributed by atoms with Gasteiger partial charge in [0.2, 0.25) is 0 Å². The summed E-state index contributed by atoms with van der Waals surface area (Å²) in [6, 6.07) is 21.3. The Bertz CT molecular complexity index is 534. The third-order valence-electron chi connectivity index (χ3n) is 4.76. The normalized spacial score (nSPS) is 25.7. The summed E-state index contributed by atoms with van der Waals surface area (Å²) in [4.78, 5) is 0. The highest BCUT2D eigenvalue weighted by Gasteiger charge is 2.29. The Morgan fingerprint density at radius 3 is 1.95 bits per heavy atom. The van der Waals surface area contributed by atoms with E-state index in [9.17, 15) is 5.11 Å². The number of rotatable bonds is 4. The van der Waals surface area contributed by atoms with Gasteiger partial charge in [0.05, 0.1) is 6.10 Å². The topological polar surface area (TPSA) is 20.2 Å². The first kappa shape index (κ1) is 14.3. The van der Waals surface area contributed by atoms with Crippen molar-refractivity contribution in [3.63, 3.8) is 0 Å². The fourth-order valence-corrected chi connectivity index (χ4v) is 3.61. The van der Waals surface area contributed by atoms with E-state index < -0.39 is 0 Å². The Morgan fingerprint density at radius 1 is 0.762 bits per heavy atom. The maximum atomic E-state index is 10.3. The Balaban J connectivity index is 1.62. The molecule has 0 bridgehead atoms. The highest BCUT2D eigenvalue weighted by atomic mass is 16.3. The second-order valence-electron chi connectivity index (χ2n) is 6.39. The molecule has 21 heavy (non-hydrogen) atoms. The maximum absolute atomic E-state index is 10.3. The van der Waals surface area contributed by atoms with E-state index in [4.69, 9.17) is 0 Å². The SMILES string of the molecule is OC1CCC(Cc2ccccc2)CC1Cc1ccccc1. The molecule has 1 aliphatic rings. The number of hydrogen-bond donors (Lipinski definition) is 1. The monoisotopic (exact) mass is 280 g/mol. The first-order valence-corrected chi connectivity index (χ1v) is 8.07. The van der Waals surface area contributed by atoms with E-state index >= 15 is 0 Å². The van der Waals surface area contributed by atoms with Crippen LogP contribution in [0.2, 0.25) is 0 Å². The summed E-state index contributed by atoms with van der Waals surface area (Å²) in [5.74, 6) is 1.12. The first-order valence-electron chi connectivity index (χ1n) is 8.07. The Hall–Kier alpha value is -1.60. The molecular weight excluding hydrogens is 256 g/mol. The molecule has 2 aromatic carbocycles. The minimum atomic E-state index is -0.128. The minimum absolute atomic E-state index is 0.128. The molecule has 1 aliphatic carbocycles. The molecule has 110 valence electrons. The van der Waals surface area contributed by atoms with Crippen molar-refractivity contribution >= 4 is 0 Å². The summed E-state index contributed by atoms with van der Waals surface area (Å²) in [6.07, 6.45) is 5.28. The zero-order valence-electron chi connectivity index (χ0n) is 12.5. The summed E-state index contributed by atoms with van der Waals surface area (Å²) >= 11 is 0. The summed E-state index contributed by atoms with van der Waals surface area (Å²) in [5.41, 5.74) is 2.78. The smallest absolute Gasteiger partial charge is 0.0571 e. The van der Waals surface area contributed by atoms with Crippen LogP contribution in [0.3, 0.4) is 0 Å². The number of aliphatic hydroxyl groups excluding tert-OH is 1. The fraction of sp³-hybridized carbons (Fsp3) is 0.400. The quantitative estimate of drug-likeness (QED) is 0.887. The van der Waals surface area contributed by atoms with Crippen molar-refractivity contribution in [3.8, 4) is 0 Å². The van der Waals surface area contributed by atoms with Crippen LogP contribution in [0.1, 0.15) is 30.4 Å². The van der Waals surface area contributed by atoms with Gasteiger partial charge < -0.3 is 5.11 Å². The molecule has 1 heteroatoms. The minimum Gasteiger partial charge on any atom is -0.393 e. The molecule has 0 aromatic heterocycles. The van der Waals surface area contributed by atoms with Crippen molar-refractivity contribution < 1.29 is 5.11 Å². The Morgan fingerprint density at radius 2 is 1.33 bits per heavy atom. The molecule has 1 N–H and O–H groups in total. The Labute approximate surface area is 127 Å². The number of benzene rings is 2. The van der Waals surface area contributed by atoms with Crippen LogP contribution >= 0.6 is 0 Å². The second-order valence-corrected chi connectivity index (χ2v) is 6.39. The second kappa shape index (κ2) is 6.91. The van der Waals surface area contributed by atoms with Gasteiger partial charge in [-0.05, 0) is 55.1 Å². The van der Waals surface area contributed by atoms with Crippen LogP contribution in [0.4, 0.5) is 0 Å². The van der Waals surface area contributed by atoms with Crippen molar-refractivity contribution in [3.05, 3.63) is 71.8 Å². The number of hydrogen-bond acceptors (Lipinski definition) is 1. The zero-order chi connectivity index (χ0) is 14.5. The lowest BCUT2D eigenvalue weighted by Crippen LogP contribution is -2.31. The van der Waals surface area contributed by atoms with Crippen molar-refractivity contribution in [1.82, 2.24) is 0 Å². The largest absolute Gasteiger partial charge is 0.393 e. The lowest BCUT2D eigenvalue weighted by Gasteiger charge is -2.33. The molecule has 0 saturated heterocycles. The fourth-order valence-electron chi connectivity index (χ4n) is 3.61. The average molecular weight is 280 g/mol. The molecular formula is C20H24O. The van der Waals surface area contributed by atoms with Gasteiger partial charge in [-0.25, -0.2) is 0 Å². The van der Waals surface area contributed by atoms with E-state index in [-0.39, 0.29) is 6.10 Å². The molecule has 3 atom stereocenters. The van der Waals surface area contributed by atoms with E-state index in [1.807, 2.05) is 0 Å². The number of aliphatic hydroxyl groups is 1. The molecule has 0 aliphatic heterocycles. The maximum Gasteiger partial charge on any atom is 0.0571 e. The standard InChI is InChI=1S/C20H24O/c21-20-12-11-18(13-16-7-3-1-4-8-16)15-19(20)14-17-9-5-2-6-10-17/h1-10,18-21H,11-15H2. The van der Waals surface area contributed by atoms with Crippen LogP contribution in [-0.4, -0.2) is 11.2 Å². The van der Waals surface area contributed by atoms with Gasteiger partial charge in [-0.3, -0.25) is 0 Å². The molecule has 0 spiro atoms. The van der Waals surface area contributed by atoms with Crippen LogP contribution in [-0.2, 0) is 12.8 Å². The van der Waals surface area contributed by atoms with Gasteiger partial charge in [0.15, 0.2) is 0 Å². The molecule has 0 heterocycles. The lowest BCUT2D eigenvalue weighted by atomic mass is 9.75. The van der Waals surface area contributed by atoms with Crippen molar-refractivity contribution in [2.45, 2.75) is 38.2 Å². The lowest BCUT2D eigenvalue weighted by molar-refractivity contribution is 0.0483. The molecule has 0 radical (unpaired) electrons. The van der Waals surface area contributed by atoms with Gasteiger partial charge in [0.25, 0.3) is 0 Å². The van der Waals surface area contributed by atoms with Crippen molar-refractivity contribution in [2.24, 2.45) is 11.8 Å². The predicted molar refractivity (Wildman–Crippen MR) is 87.1 cm³/mol. The van der Waals surface area contributed by atoms with Crippen LogP contribution in [0.15, 0.2) is 60.7 Å². The Kier molecular flexibility index (Phi) is 4.72. The highest BCUT2D eigenvalue weighted by Crippen LogP contribution is 2.33. The van der Waals surface area contributed by atoms with Gasteiger partial charge in [0.1, 0.15) is 0 Å². The van der Waals surface area contributed by atoms with Gasteiger partial charge in [-0.15, -0.1) is 0 Å². The van der Waals surface area contributed by atoms with Crippen LogP contribution in [0, 0.1) is 11.8 Å². The van der Waals surface area contributed by atoms with E-state index in [1.165, 1.54) is 11.1 Å². The third kappa shape index (κ3) is 3.95. The van der Waals surface area contributed by atoms with Gasteiger partial charge in [-0.1, -0.05) is 60.7 Å². The van der Waals surface area contributed by atoms with Crippen molar-refractivity contribution in [2.75, 3.05) is 0 Å². The van der Waals surface area contributed by atoms with E-state index in [0.717, 1.165) is 32.1 Å². The summed E-state index contributed by atoms with van der Waals surface area (Å²) < 4.78 is 0. The molecule has 1 nitrogen and oxygen atoms in total. The van der Waals surface area contributed by atoms with E-state index in [1.54, 1.807) is 0 Å². The van der Waals surface area contributed by atoms with Gasteiger partial charge >= 0.3 is 0 Å². The van der Waals surface area contributed by atoms with Crippen LogP contribution in [0.25, 0.3) is 0 Å². The van der Waals surface area contributed by atoms with Crippen LogP contribution in [0.5, 0.6) is 0 Å². The summed E-state index contributed by atoms with van der Waals surface area (Å²) in [7, 11) is 0. The molecule has 1 fully saturated rings. The highest BCUT2D eigenvalue weighted by molar-refractivity contribution is 5.17. The predicted octanol–water partition coefficient (Wildman–Crippen LogP) is 4.25. The molecule has 2 aromatic rings. The van der Waals surface area contributed by atoms with Gasteiger partial charge in [-0.2, -0.15) is 0 Å². The molecule has 1 saturated carbocycles. The molecule has 3 rings (SSSR count). The van der Waals surface area contributed by atoms with E-state index in [2.05, 4.69) is 60.7 Å². The van der Waals surface area contributed by atoms with Crippen LogP contribution < -0.4 is 0 Å². The molecule has 0 amide bonds. The van der Waals surface area contributed by atoms with Gasteiger partial charge in [0, 0.05) is 0 Å². The first-order chi connectivity index (χ1) is 10.3. The average Bonchev–Trinajstić information content (AvgIpc) is 2.53. The summed E-state index contributed by atoms with van der Waals surface area (Å²) in [6.45, 7) is 0. The third-order valence-corrected chi connectivity index (χ3v) is 4.76. The van der Waals surface area contributed by atoms with E-state index in [0.29, 0.717) is 11.8 Å². The van der Waals surface area contributed by atoms with Crippen molar-refractivity contribution in [1.29, 1.82) is 0 Å².